The summed E-state index contributed by atoms with van der Waals surface area (Å²) < 4.78 is 12.1. The molecule has 31 heavy (non-hydrogen) atoms. The van der Waals surface area contributed by atoms with E-state index in [-0.39, 0.29) is 6.54 Å². The largest absolute Gasteiger partial charge is 0.496 e. The van der Waals surface area contributed by atoms with Crippen molar-refractivity contribution in [1.29, 1.82) is 0 Å². The second kappa shape index (κ2) is 10.5. The first kappa shape index (κ1) is 21.4. The summed E-state index contributed by atoms with van der Waals surface area (Å²) in [5.41, 5.74) is 2.96. The van der Waals surface area contributed by atoms with Gasteiger partial charge in [-0.2, -0.15) is 5.10 Å². The first-order valence-corrected chi connectivity index (χ1v) is 9.46. The third kappa shape index (κ3) is 5.61. The third-order valence-electron chi connectivity index (χ3n) is 4.26. The fourth-order valence-electron chi connectivity index (χ4n) is 2.82. The van der Waals surface area contributed by atoms with Gasteiger partial charge in [0, 0.05) is 23.4 Å². The van der Waals surface area contributed by atoms with E-state index in [0.717, 1.165) is 11.3 Å². The average Bonchev–Trinajstić information content (AvgIpc) is 3.24. The number of para-hydroxylation sites is 2. The van der Waals surface area contributed by atoms with E-state index in [1.165, 1.54) is 6.08 Å². The van der Waals surface area contributed by atoms with Crippen molar-refractivity contribution < 1.29 is 19.1 Å². The van der Waals surface area contributed by atoms with E-state index in [1.54, 1.807) is 24.1 Å². The minimum atomic E-state index is -0.658. The Balaban J connectivity index is 1.87. The highest BCUT2D eigenvalue weighted by molar-refractivity contribution is 5.90. The van der Waals surface area contributed by atoms with Crippen LogP contribution in [0.5, 0.6) is 5.75 Å². The molecule has 0 saturated carbocycles. The van der Waals surface area contributed by atoms with E-state index < -0.39 is 18.5 Å². The Morgan fingerprint density at radius 3 is 2.65 bits per heavy atom. The van der Waals surface area contributed by atoms with Gasteiger partial charge in [-0.1, -0.05) is 36.3 Å². The van der Waals surface area contributed by atoms with Gasteiger partial charge >= 0.3 is 5.97 Å². The lowest BCUT2D eigenvalue weighted by Gasteiger charge is -2.06. The zero-order valence-corrected chi connectivity index (χ0v) is 16.9. The van der Waals surface area contributed by atoms with Crippen LogP contribution in [0, 0.1) is 12.3 Å². The van der Waals surface area contributed by atoms with Gasteiger partial charge in [0.15, 0.2) is 6.61 Å². The molecule has 0 atom stereocenters. The predicted molar refractivity (Wildman–Crippen MR) is 117 cm³/mol. The van der Waals surface area contributed by atoms with E-state index >= 15 is 0 Å². The molecular formula is C24H21N3O4. The molecule has 0 spiro atoms. The van der Waals surface area contributed by atoms with E-state index in [9.17, 15) is 9.59 Å². The minimum Gasteiger partial charge on any atom is -0.496 e. The molecule has 3 aromatic rings. The van der Waals surface area contributed by atoms with Gasteiger partial charge in [0.25, 0.3) is 5.91 Å². The van der Waals surface area contributed by atoms with E-state index in [1.807, 2.05) is 54.6 Å². The molecule has 7 heteroatoms. The van der Waals surface area contributed by atoms with Crippen LogP contribution in [-0.2, 0) is 14.3 Å². The van der Waals surface area contributed by atoms with Crippen molar-refractivity contribution in [2.24, 2.45) is 0 Å². The number of hydrogen-bond donors (Lipinski definition) is 1. The van der Waals surface area contributed by atoms with Crippen molar-refractivity contribution in [1.82, 2.24) is 15.1 Å². The number of carbonyl (C=O) groups excluding carboxylic acids is 2. The Hall–Kier alpha value is -4.31. The summed E-state index contributed by atoms with van der Waals surface area (Å²) in [6, 6.07) is 17.1. The number of benzene rings is 2. The molecule has 2 aromatic carbocycles. The van der Waals surface area contributed by atoms with Gasteiger partial charge in [0.1, 0.15) is 11.4 Å². The molecule has 0 aliphatic rings. The topological polar surface area (TPSA) is 82.5 Å². The minimum absolute atomic E-state index is 0.0765. The monoisotopic (exact) mass is 415 g/mol. The lowest BCUT2D eigenvalue weighted by Crippen LogP contribution is -2.28. The SMILES string of the molecule is C#CCNC(=O)COC(=O)/C=C/c1cn(-c2ccccc2)nc1-c1ccccc1OC. The van der Waals surface area contributed by atoms with Crippen LogP contribution in [0.3, 0.4) is 0 Å². The number of aromatic nitrogens is 2. The Bertz CT molecular complexity index is 1130. The molecule has 156 valence electrons. The number of methoxy groups -OCH3 is 1. The van der Waals surface area contributed by atoms with Crippen molar-refractivity contribution >= 4 is 18.0 Å². The van der Waals surface area contributed by atoms with Gasteiger partial charge in [0.2, 0.25) is 0 Å². The smallest absolute Gasteiger partial charge is 0.331 e. The number of hydrogen-bond acceptors (Lipinski definition) is 5. The van der Waals surface area contributed by atoms with Crippen LogP contribution in [0.1, 0.15) is 5.56 Å². The Labute approximate surface area is 180 Å². The van der Waals surface area contributed by atoms with Gasteiger partial charge in [-0.25, -0.2) is 9.48 Å². The van der Waals surface area contributed by atoms with Gasteiger partial charge in [-0.05, 0) is 30.3 Å². The summed E-state index contributed by atoms with van der Waals surface area (Å²) in [4.78, 5) is 23.6. The van der Waals surface area contributed by atoms with Crippen LogP contribution in [-0.4, -0.2) is 41.9 Å². The zero-order valence-electron chi connectivity index (χ0n) is 16.9. The van der Waals surface area contributed by atoms with Crippen LogP contribution in [0.25, 0.3) is 23.0 Å². The highest BCUT2D eigenvalue weighted by atomic mass is 16.5. The molecule has 0 aliphatic heterocycles. The van der Waals surface area contributed by atoms with Crippen molar-refractivity contribution in [2.75, 3.05) is 20.3 Å². The van der Waals surface area contributed by atoms with E-state index in [2.05, 4.69) is 11.2 Å². The summed E-state index contributed by atoms with van der Waals surface area (Å²) in [7, 11) is 1.59. The maximum atomic E-state index is 12.1. The number of ether oxygens (including phenoxy) is 2. The maximum Gasteiger partial charge on any atom is 0.331 e. The summed E-state index contributed by atoms with van der Waals surface area (Å²) in [5.74, 6) is 1.81. The van der Waals surface area contributed by atoms with Crippen molar-refractivity contribution in [3.63, 3.8) is 0 Å². The molecule has 0 aliphatic carbocycles. The Kier molecular flexibility index (Phi) is 7.22. The summed E-state index contributed by atoms with van der Waals surface area (Å²) in [5, 5.41) is 7.12. The molecule has 0 bridgehead atoms. The Morgan fingerprint density at radius 1 is 1.16 bits per heavy atom. The van der Waals surface area contributed by atoms with E-state index in [0.29, 0.717) is 17.0 Å². The molecule has 0 radical (unpaired) electrons. The first-order chi connectivity index (χ1) is 15.1. The second-order valence-corrected chi connectivity index (χ2v) is 6.34. The molecule has 7 nitrogen and oxygen atoms in total. The highest BCUT2D eigenvalue weighted by Crippen LogP contribution is 2.32. The number of nitrogens with one attached hydrogen (secondary N) is 1. The molecule has 1 amide bonds. The molecule has 1 heterocycles. The number of rotatable bonds is 8. The standard InChI is InChI=1S/C24H21N3O4/c1-3-15-25-22(28)17-31-23(29)14-13-18-16-27(19-9-5-4-6-10-19)26-24(18)20-11-7-8-12-21(20)30-2/h1,4-14,16H,15,17H2,2H3,(H,25,28)/b14-13+. The van der Waals surface area contributed by atoms with Crippen LogP contribution in [0.2, 0.25) is 0 Å². The van der Waals surface area contributed by atoms with Gasteiger partial charge < -0.3 is 14.8 Å². The normalized spacial score (nSPS) is 10.5. The predicted octanol–water partition coefficient (Wildman–Crippen LogP) is 2.85. The second-order valence-electron chi connectivity index (χ2n) is 6.34. The Morgan fingerprint density at radius 2 is 1.90 bits per heavy atom. The first-order valence-electron chi connectivity index (χ1n) is 9.46. The van der Waals surface area contributed by atoms with Crippen molar-refractivity contribution in [2.45, 2.75) is 0 Å². The van der Waals surface area contributed by atoms with E-state index in [4.69, 9.17) is 21.0 Å². The molecule has 1 aromatic heterocycles. The molecular weight excluding hydrogens is 394 g/mol. The summed E-state index contributed by atoms with van der Waals surface area (Å²) in [6.45, 7) is -0.333. The number of terminal acetylenes is 1. The van der Waals surface area contributed by atoms with Crippen LogP contribution in [0.15, 0.2) is 66.9 Å². The fraction of sp³-hybridized carbons (Fsp3) is 0.125. The number of carbonyl (C=O) groups is 2. The van der Waals surface area contributed by atoms with Crippen LogP contribution >= 0.6 is 0 Å². The van der Waals surface area contributed by atoms with Gasteiger partial charge in [0.05, 0.1) is 19.3 Å². The van der Waals surface area contributed by atoms with Crippen LogP contribution < -0.4 is 10.1 Å². The van der Waals surface area contributed by atoms with Gasteiger partial charge in [-0.3, -0.25) is 4.79 Å². The summed E-state index contributed by atoms with van der Waals surface area (Å²) in [6.07, 6.45) is 9.72. The lowest BCUT2D eigenvalue weighted by atomic mass is 10.1. The lowest BCUT2D eigenvalue weighted by molar-refractivity contribution is -0.143. The zero-order chi connectivity index (χ0) is 22.1. The molecule has 0 unspecified atom stereocenters. The van der Waals surface area contributed by atoms with Crippen molar-refractivity contribution in [3.8, 4) is 35.0 Å². The highest BCUT2D eigenvalue weighted by Gasteiger charge is 2.15. The molecule has 0 fully saturated rings. The molecule has 1 N–H and O–H groups in total. The molecule has 3 rings (SSSR count). The van der Waals surface area contributed by atoms with Crippen molar-refractivity contribution in [3.05, 3.63) is 72.4 Å². The van der Waals surface area contributed by atoms with Gasteiger partial charge in [-0.15, -0.1) is 6.42 Å². The summed E-state index contributed by atoms with van der Waals surface area (Å²) >= 11 is 0. The molecule has 0 saturated heterocycles. The van der Waals surface area contributed by atoms with Crippen LogP contribution in [0.4, 0.5) is 0 Å². The number of nitrogens with zero attached hydrogens (tertiary/aromatic N) is 2. The quantitative estimate of drug-likeness (QED) is 0.348. The third-order valence-corrected chi connectivity index (χ3v) is 4.26. The average molecular weight is 415 g/mol. The number of amides is 1. The fourth-order valence-corrected chi connectivity index (χ4v) is 2.82. The number of esters is 1. The maximum absolute atomic E-state index is 12.1.